The highest BCUT2D eigenvalue weighted by molar-refractivity contribution is 7.10. The van der Waals surface area contributed by atoms with Crippen LogP contribution in [0.25, 0.3) is 0 Å². The fourth-order valence-electron chi connectivity index (χ4n) is 3.20. The van der Waals surface area contributed by atoms with Gasteiger partial charge in [0.15, 0.2) is 0 Å². The Kier molecular flexibility index (Phi) is 3.39. The number of carbonyl (C=O) groups excluding carboxylic acids is 1. The maximum absolute atomic E-state index is 12.6. The molecule has 1 aromatic rings. The van der Waals surface area contributed by atoms with Gasteiger partial charge in [-0.15, -0.1) is 11.3 Å². The summed E-state index contributed by atoms with van der Waals surface area (Å²) in [5.41, 5.74) is 1.39. The first kappa shape index (κ1) is 12.2. The second-order valence-corrected chi connectivity index (χ2v) is 6.15. The summed E-state index contributed by atoms with van der Waals surface area (Å²) in [6.45, 7) is 4.06. The number of rotatable bonds is 2. The number of thiophene rings is 1. The second kappa shape index (κ2) is 5.02. The zero-order valence-corrected chi connectivity index (χ0v) is 11.6. The fraction of sp³-hybridized carbons (Fsp3) is 0.643. The summed E-state index contributed by atoms with van der Waals surface area (Å²) in [4.78, 5) is 16.2. The number of fused-ring (bicyclic) bond motifs is 1. The molecule has 0 saturated carbocycles. The molecule has 98 valence electrons. The molecule has 1 aromatic heterocycles. The molecule has 0 radical (unpaired) electrons. The van der Waals surface area contributed by atoms with Crippen LogP contribution in [-0.2, 0) is 11.2 Å². The van der Waals surface area contributed by atoms with E-state index in [0.717, 1.165) is 38.8 Å². The van der Waals surface area contributed by atoms with Crippen LogP contribution in [0.15, 0.2) is 11.4 Å². The molecule has 0 aromatic carbocycles. The molecule has 0 spiro atoms. The highest BCUT2D eigenvalue weighted by Gasteiger charge is 2.34. The lowest BCUT2D eigenvalue weighted by molar-refractivity contribution is -0.136. The van der Waals surface area contributed by atoms with Crippen LogP contribution in [0.1, 0.15) is 42.7 Å². The van der Waals surface area contributed by atoms with Crippen molar-refractivity contribution in [1.29, 1.82) is 0 Å². The van der Waals surface area contributed by atoms with E-state index in [1.54, 1.807) is 0 Å². The van der Waals surface area contributed by atoms with E-state index in [2.05, 4.69) is 28.6 Å². The van der Waals surface area contributed by atoms with Crippen molar-refractivity contribution in [3.05, 3.63) is 21.9 Å². The Morgan fingerprint density at radius 3 is 3.22 bits per heavy atom. The lowest BCUT2D eigenvalue weighted by atomic mass is 9.96. The molecular weight excluding hydrogens is 244 g/mol. The van der Waals surface area contributed by atoms with E-state index < -0.39 is 0 Å². The Bertz CT molecular complexity index is 437. The quantitative estimate of drug-likeness (QED) is 0.889. The first-order valence-electron chi connectivity index (χ1n) is 6.91. The van der Waals surface area contributed by atoms with Crippen molar-refractivity contribution in [2.24, 2.45) is 0 Å². The lowest BCUT2D eigenvalue weighted by Crippen LogP contribution is -2.47. The smallest absolute Gasteiger partial charge is 0.240 e. The van der Waals surface area contributed by atoms with Gasteiger partial charge in [0.05, 0.1) is 12.1 Å². The van der Waals surface area contributed by atoms with E-state index in [-0.39, 0.29) is 6.04 Å². The van der Waals surface area contributed by atoms with Crippen molar-refractivity contribution in [2.45, 2.75) is 44.7 Å². The Labute approximate surface area is 112 Å². The van der Waals surface area contributed by atoms with Gasteiger partial charge >= 0.3 is 0 Å². The zero-order chi connectivity index (χ0) is 12.5. The molecule has 0 aliphatic carbocycles. The van der Waals surface area contributed by atoms with E-state index in [4.69, 9.17) is 0 Å². The third kappa shape index (κ3) is 1.97. The van der Waals surface area contributed by atoms with Gasteiger partial charge in [0.2, 0.25) is 5.91 Å². The van der Waals surface area contributed by atoms with E-state index in [1.807, 2.05) is 11.3 Å². The Morgan fingerprint density at radius 1 is 1.61 bits per heavy atom. The van der Waals surface area contributed by atoms with Gasteiger partial charge in [0.1, 0.15) is 0 Å². The fourth-order valence-corrected chi connectivity index (χ4v) is 4.12. The molecule has 2 unspecified atom stereocenters. The van der Waals surface area contributed by atoms with Crippen LogP contribution in [0.3, 0.4) is 0 Å². The predicted octanol–water partition coefficient (Wildman–Crippen LogP) is 2.34. The summed E-state index contributed by atoms with van der Waals surface area (Å²) in [5, 5.41) is 5.49. The normalized spacial score (nSPS) is 27.3. The van der Waals surface area contributed by atoms with Crippen LogP contribution in [0.2, 0.25) is 0 Å². The highest BCUT2D eigenvalue weighted by Crippen LogP contribution is 2.35. The van der Waals surface area contributed by atoms with E-state index in [0.29, 0.717) is 11.9 Å². The first-order valence-corrected chi connectivity index (χ1v) is 7.79. The molecule has 1 fully saturated rings. The van der Waals surface area contributed by atoms with Crippen molar-refractivity contribution < 1.29 is 4.79 Å². The van der Waals surface area contributed by atoms with Gasteiger partial charge in [-0.3, -0.25) is 4.79 Å². The molecule has 2 aliphatic rings. The van der Waals surface area contributed by atoms with Crippen molar-refractivity contribution in [3.63, 3.8) is 0 Å². The van der Waals surface area contributed by atoms with Gasteiger partial charge in [0, 0.05) is 11.4 Å². The first-order chi connectivity index (χ1) is 8.81. The van der Waals surface area contributed by atoms with Crippen LogP contribution in [0.5, 0.6) is 0 Å². The molecule has 1 amide bonds. The van der Waals surface area contributed by atoms with Crippen molar-refractivity contribution in [3.8, 4) is 0 Å². The van der Waals surface area contributed by atoms with Gasteiger partial charge in [-0.1, -0.05) is 6.92 Å². The van der Waals surface area contributed by atoms with E-state index >= 15 is 0 Å². The van der Waals surface area contributed by atoms with E-state index in [9.17, 15) is 4.79 Å². The minimum absolute atomic E-state index is 0.0687. The summed E-state index contributed by atoms with van der Waals surface area (Å²) in [7, 11) is 0. The van der Waals surface area contributed by atoms with Crippen molar-refractivity contribution in [2.75, 3.05) is 13.1 Å². The summed E-state index contributed by atoms with van der Waals surface area (Å²) in [6, 6.07) is 2.57. The molecule has 4 heteroatoms. The van der Waals surface area contributed by atoms with Crippen molar-refractivity contribution >= 4 is 17.2 Å². The van der Waals surface area contributed by atoms with Gasteiger partial charge in [-0.05, 0) is 49.2 Å². The van der Waals surface area contributed by atoms with Gasteiger partial charge in [-0.2, -0.15) is 0 Å². The SMILES string of the molecule is CCC1c2ccsc2CCN1C(=O)C1CCCN1. The molecular formula is C14H20N2OS. The van der Waals surface area contributed by atoms with E-state index in [1.165, 1.54) is 10.4 Å². The number of carbonyl (C=O) groups is 1. The predicted molar refractivity (Wildman–Crippen MR) is 73.8 cm³/mol. The molecule has 2 atom stereocenters. The van der Waals surface area contributed by atoms with Crippen LogP contribution in [0.4, 0.5) is 0 Å². The Morgan fingerprint density at radius 2 is 2.50 bits per heavy atom. The van der Waals surface area contributed by atoms with Crippen molar-refractivity contribution in [1.82, 2.24) is 10.2 Å². The molecule has 1 saturated heterocycles. The average Bonchev–Trinajstić information content (AvgIpc) is 3.06. The summed E-state index contributed by atoms with van der Waals surface area (Å²) in [5.74, 6) is 0.316. The number of nitrogens with zero attached hydrogens (tertiary/aromatic N) is 1. The molecule has 3 heterocycles. The monoisotopic (exact) mass is 264 g/mol. The van der Waals surface area contributed by atoms with Crippen LogP contribution in [0, 0.1) is 0 Å². The highest BCUT2D eigenvalue weighted by atomic mass is 32.1. The minimum atomic E-state index is 0.0687. The number of hydrogen-bond acceptors (Lipinski definition) is 3. The standard InChI is InChI=1S/C14H20N2OS/c1-2-12-10-6-9-18-13(10)5-8-16(12)14(17)11-4-3-7-15-11/h6,9,11-12,15H,2-5,7-8H2,1H3. The maximum atomic E-state index is 12.6. The number of nitrogens with one attached hydrogen (secondary N) is 1. The minimum Gasteiger partial charge on any atom is -0.334 e. The second-order valence-electron chi connectivity index (χ2n) is 5.15. The molecule has 0 bridgehead atoms. The van der Waals surface area contributed by atoms with Gasteiger partial charge in [0.25, 0.3) is 0 Å². The van der Waals surface area contributed by atoms with Crippen LogP contribution in [-0.4, -0.2) is 29.9 Å². The zero-order valence-electron chi connectivity index (χ0n) is 10.8. The van der Waals surface area contributed by atoms with Crippen LogP contribution < -0.4 is 5.32 Å². The van der Waals surface area contributed by atoms with Crippen LogP contribution >= 0.6 is 11.3 Å². The summed E-state index contributed by atoms with van der Waals surface area (Å²) >= 11 is 1.84. The molecule has 2 aliphatic heterocycles. The Balaban J connectivity index is 1.82. The third-order valence-corrected chi connectivity index (χ3v) is 5.12. The summed E-state index contributed by atoms with van der Waals surface area (Å²) < 4.78 is 0. The molecule has 1 N–H and O–H groups in total. The maximum Gasteiger partial charge on any atom is 0.240 e. The lowest BCUT2D eigenvalue weighted by Gasteiger charge is -2.37. The van der Waals surface area contributed by atoms with Gasteiger partial charge in [-0.25, -0.2) is 0 Å². The largest absolute Gasteiger partial charge is 0.334 e. The number of hydrogen-bond donors (Lipinski definition) is 1. The molecule has 3 rings (SSSR count). The third-order valence-electron chi connectivity index (χ3n) is 4.12. The Hall–Kier alpha value is -0.870. The molecule has 3 nitrogen and oxygen atoms in total. The average molecular weight is 264 g/mol. The number of amides is 1. The topological polar surface area (TPSA) is 32.3 Å². The van der Waals surface area contributed by atoms with Gasteiger partial charge < -0.3 is 10.2 Å². The summed E-state index contributed by atoms with van der Waals surface area (Å²) in [6.07, 6.45) is 4.18. The molecule has 18 heavy (non-hydrogen) atoms.